The maximum atomic E-state index is 13.8. The van der Waals surface area contributed by atoms with E-state index in [4.69, 9.17) is 0 Å². The van der Waals surface area contributed by atoms with Gasteiger partial charge in [-0.2, -0.15) is 0 Å². The maximum absolute atomic E-state index is 13.8. The van der Waals surface area contributed by atoms with Crippen molar-refractivity contribution in [3.05, 3.63) is 60.2 Å². The SMILES string of the molecule is Cc1nccn1-c1cc(N2CCC(C(=O)Nc3ccc(F)c(F)c3F)CC2)ncn1. The molecular weight excluding hydrogens is 397 g/mol. The lowest BCUT2D eigenvalue weighted by Gasteiger charge is -2.32. The van der Waals surface area contributed by atoms with E-state index < -0.39 is 23.4 Å². The Labute approximate surface area is 170 Å². The van der Waals surface area contributed by atoms with Crippen molar-refractivity contribution in [3.63, 3.8) is 0 Å². The lowest BCUT2D eigenvalue weighted by Crippen LogP contribution is -2.38. The second-order valence-electron chi connectivity index (χ2n) is 7.05. The van der Waals surface area contributed by atoms with Crippen molar-refractivity contribution in [2.24, 2.45) is 5.92 Å². The third-order valence-electron chi connectivity index (χ3n) is 5.19. The Kier molecular flexibility index (Phi) is 5.39. The molecular formula is C20H19F3N6O. The Hall–Kier alpha value is -3.43. The molecule has 1 fully saturated rings. The number of carbonyl (C=O) groups excluding carboxylic acids is 1. The van der Waals surface area contributed by atoms with Crippen molar-refractivity contribution in [3.8, 4) is 5.82 Å². The predicted molar refractivity (Wildman–Crippen MR) is 104 cm³/mol. The molecule has 1 aromatic carbocycles. The number of nitrogens with one attached hydrogen (secondary N) is 1. The van der Waals surface area contributed by atoms with Crippen LogP contribution in [0.2, 0.25) is 0 Å². The Balaban J connectivity index is 1.40. The topological polar surface area (TPSA) is 75.9 Å². The second kappa shape index (κ2) is 8.13. The number of imidazole rings is 1. The normalized spacial score (nSPS) is 14.7. The zero-order valence-corrected chi connectivity index (χ0v) is 16.1. The van der Waals surface area contributed by atoms with Crippen LogP contribution < -0.4 is 10.2 Å². The number of anilines is 2. The molecule has 10 heteroatoms. The Bertz CT molecular complexity index is 1080. The van der Waals surface area contributed by atoms with Crippen LogP contribution >= 0.6 is 0 Å². The number of aryl methyl sites for hydroxylation is 1. The zero-order valence-electron chi connectivity index (χ0n) is 16.1. The van der Waals surface area contributed by atoms with Gasteiger partial charge >= 0.3 is 0 Å². The van der Waals surface area contributed by atoms with E-state index in [-0.39, 0.29) is 11.6 Å². The van der Waals surface area contributed by atoms with E-state index in [1.165, 1.54) is 6.33 Å². The van der Waals surface area contributed by atoms with E-state index in [1.807, 2.05) is 28.7 Å². The summed E-state index contributed by atoms with van der Waals surface area (Å²) >= 11 is 0. The van der Waals surface area contributed by atoms with E-state index >= 15 is 0 Å². The quantitative estimate of drug-likeness (QED) is 0.661. The third kappa shape index (κ3) is 3.85. The number of nitrogens with zero attached hydrogens (tertiary/aromatic N) is 5. The van der Waals surface area contributed by atoms with Crippen molar-refractivity contribution in [2.45, 2.75) is 19.8 Å². The molecule has 1 aliphatic rings. The van der Waals surface area contributed by atoms with Crippen molar-refractivity contribution in [1.29, 1.82) is 0 Å². The van der Waals surface area contributed by atoms with Gasteiger partial charge in [0.2, 0.25) is 5.91 Å². The molecule has 2 aromatic heterocycles. The smallest absolute Gasteiger partial charge is 0.227 e. The molecule has 0 radical (unpaired) electrons. The van der Waals surface area contributed by atoms with Crippen LogP contribution in [-0.4, -0.2) is 38.5 Å². The largest absolute Gasteiger partial charge is 0.356 e. The maximum Gasteiger partial charge on any atom is 0.227 e. The van der Waals surface area contributed by atoms with Crippen LogP contribution in [-0.2, 0) is 4.79 Å². The van der Waals surface area contributed by atoms with Gasteiger partial charge in [0, 0.05) is 37.5 Å². The molecule has 0 saturated carbocycles. The van der Waals surface area contributed by atoms with Crippen molar-refractivity contribution in [2.75, 3.05) is 23.3 Å². The number of rotatable bonds is 4. The summed E-state index contributed by atoms with van der Waals surface area (Å²) < 4.78 is 42.1. The second-order valence-corrected chi connectivity index (χ2v) is 7.05. The van der Waals surface area contributed by atoms with Crippen LogP contribution in [0, 0.1) is 30.3 Å². The molecule has 1 N–H and O–H groups in total. The molecule has 0 bridgehead atoms. The van der Waals surface area contributed by atoms with Gasteiger partial charge < -0.3 is 10.2 Å². The lowest BCUT2D eigenvalue weighted by atomic mass is 9.95. The van der Waals surface area contributed by atoms with Gasteiger partial charge in [0.15, 0.2) is 17.5 Å². The highest BCUT2D eigenvalue weighted by Crippen LogP contribution is 2.25. The number of hydrogen-bond acceptors (Lipinski definition) is 5. The summed E-state index contributed by atoms with van der Waals surface area (Å²) in [5.74, 6) is -2.85. The molecule has 3 heterocycles. The van der Waals surface area contributed by atoms with Crippen LogP contribution in [0.5, 0.6) is 0 Å². The van der Waals surface area contributed by atoms with Gasteiger partial charge in [0.1, 0.15) is 23.8 Å². The summed E-state index contributed by atoms with van der Waals surface area (Å²) in [5, 5.41) is 2.36. The van der Waals surface area contributed by atoms with E-state index in [0.29, 0.717) is 31.7 Å². The van der Waals surface area contributed by atoms with E-state index in [2.05, 4.69) is 20.3 Å². The molecule has 7 nitrogen and oxygen atoms in total. The van der Waals surface area contributed by atoms with E-state index in [9.17, 15) is 18.0 Å². The van der Waals surface area contributed by atoms with Gasteiger partial charge in [-0.15, -0.1) is 0 Å². The van der Waals surface area contributed by atoms with Gasteiger partial charge in [0.25, 0.3) is 0 Å². The molecule has 1 aliphatic heterocycles. The monoisotopic (exact) mass is 416 g/mol. The average molecular weight is 416 g/mol. The number of carbonyl (C=O) groups is 1. The fourth-order valence-corrected chi connectivity index (χ4v) is 3.49. The zero-order chi connectivity index (χ0) is 21.3. The Morgan fingerprint density at radius 3 is 2.50 bits per heavy atom. The highest BCUT2D eigenvalue weighted by atomic mass is 19.2. The lowest BCUT2D eigenvalue weighted by molar-refractivity contribution is -0.120. The summed E-state index contributed by atoms with van der Waals surface area (Å²) in [7, 11) is 0. The molecule has 1 amide bonds. The minimum absolute atomic E-state index is 0.363. The molecule has 30 heavy (non-hydrogen) atoms. The van der Waals surface area contributed by atoms with Crippen LogP contribution in [0.15, 0.2) is 36.9 Å². The summed E-state index contributed by atoms with van der Waals surface area (Å²) in [6, 6.07) is 3.65. The molecule has 156 valence electrons. The van der Waals surface area contributed by atoms with Crippen LogP contribution in [0.3, 0.4) is 0 Å². The summed E-state index contributed by atoms with van der Waals surface area (Å²) in [6.07, 6.45) is 6.02. The molecule has 0 unspecified atom stereocenters. The molecule has 4 rings (SSSR count). The molecule has 0 atom stereocenters. The number of hydrogen-bond donors (Lipinski definition) is 1. The molecule has 1 saturated heterocycles. The van der Waals surface area contributed by atoms with Crippen LogP contribution in [0.25, 0.3) is 5.82 Å². The third-order valence-corrected chi connectivity index (χ3v) is 5.19. The standard InChI is InChI=1S/C20H19F3N6O/c1-12-24-6-9-29(12)17-10-16(25-11-26-17)28-7-4-13(5-8-28)20(30)27-15-3-2-14(21)18(22)19(15)23/h2-3,6,9-11,13H,4-5,7-8H2,1H3,(H,27,30). The first kappa shape index (κ1) is 19.9. The molecule has 0 spiro atoms. The first-order valence-corrected chi connectivity index (χ1v) is 9.45. The van der Waals surface area contributed by atoms with E-state index in [0.717, 1.165) is 23.8 Å². The highest BCUT2D eigenvalue weighted by molar-refractivity contribution is 5.92. The van der Waals surface area contributed by atoms with Gasteiger partial charge in [-0.3, -0.25) is 9.36 Å². The van der Waals surface area contributed by atoms with Crippen molar-refractivity contribution >= 4 is 17.4 Å². The van der Waals surface area contributed by atoms with Gasteiger partial charge in [-0.05, 0) is 31.9 Å². The van der Waals surface area contributed by atoms with Crippen LogP contribution in [0.4, 0.5) is 24.7 Å². The molecule has 3 aromatic rings. The number of amides is 1. The fourth-order valence-electron chi connectivity index (χ4n) is 3.49. The minimum atomic E-state index is -1.60. The molecule has 0 aliphatic carbocycles. The van der Waals surface area contributed by atoms with Gasteiger partial charge in [-0.25, -0.2) is 28.1 Å². The van der Waals surface area contributed by atoms with Crippen molar-refractivity contribution < 1.29 is 18.0 Å². The van der Waals surface area contributed by atoms with Gasteiger partial charge in [-0.1, -0.05) is 0 Å². The summed E-state index contributed by atoms with van der Waals surface area (Å²) in [4.78, 5) is 27.3. The van der Waals surface area contributed by atoms with Gasteiger partial charge in [0.05, 0.1) is 5.69 Å². The van der Waals surface area contributed by atoms with Crippen LogP contribution in [0.1, 0.15) is 18.7 Å². The number of benzene rings is 1. The summed E-state index contributed by atoms with van der Waals surface area (Å²) in [6.45, 7) is 3.01. The van der Waals surface area contributed by atoms with E-state index in [1.54, 1.807) is 6.20 Å². The van der Waals surface area contributed by atoms with Crippen molar-refractivity contribution in [1.82, 2.24) is 19.5 Å². The first-order chi connectivity index (χ1) is 14.4. The Morgan fingerprint density at radius 1 is 1.07 bits per heavy atom. The highest BCUT2D eigenvalue weighted by Gasteiger charge is 2.27. The Morgan fingerprint density at radius 2 is 1.80 bits per heavy atom. The fraction of sp³-hybridized carbons (Fsp3) is 0.300. The average Bonchev–Trinajstić information content (AvgIpc) is 3.20. The number of halogens is 3. The predicted octanol–water partition coefficient (Wildman–Crippen LogP) is 3.24. The minimum Gasteiger partial charge on any atom is -0.356 e. The first-order valence-electron chi connectivity index (χ1n) is 9.45. The number of piperidine rings is 1. The summed E-state index contributed by atoms with van der Waals surface area (Å²) in [5.41, 5.74) is -0.363. The number of aromatic nitrogens is 4.